The molecule has 2 N–H and O–H groups in total. The van der Waals surface area contributed by atoms with E-state index in [1.165, 1.54) is 0 Å². The molecule has 170 valence electrons. The number of pyridine rings is 1. The van der Waals surface area contributed by atoms with Crippen molar-refractivity contribution in [2.45, 2.75) is 38.4 Å². The van der Waals surface area contributed by atoms with Gasteiger partial charge in [-0.15, -0.1) is 0 Å². The van der Waals surface area contributed by atoms with Gasteiger partial charge in [-0.25, -0.2) is 9.97 Å². The molecule has 1 aromatic carbocycles. The summed E-state index contributed by atoms with van der Waals surface area (Å²) in [6, 6.07) is 10.1. The smallest absolute Gasteiger partial charge is 0.254 e. The van der Waals surface area contributed by atoms with E-state index in [1.54, 1.807) is 7.11 Å². The maximum absolute atomic E-state index is 13.4. The molecule has 3 atom stereocenters. The van der Waals surface area contributed by atoms with Crippen molar-refractivity contribution >= 4 is 28.0 Å². The number of nitrogens with two attached hydrogens (primary N) is 1. The van der Waals surface area contributed by atoms with Crippen molar-refractivity contribution in [2.24, 2.45) is 18.7 Å². The van der Waals surface area contributed by atoms with Gasteiger partial charge in [-0.3, -0.25) is 4.79 Å². The lowest BCUT2D eigenvalue weighted by atomic mass is 10.1. The first-order valence-corrected chi connectivity index (χ1v) is 11.6. The predicted octanol–water partition coefficient (Wildman–Crippen LogP) is 3.18. The number of piperidine rings is 1. The van der Waals surface area contributed by atoms with Crippen molar-refractivity contribution in [2.75, 3.05) is 13.7 Å². The maximum atomic E-state index is 13.4. The molecule has 4 heterocycles. The number of rotatable bonds is 4. The number of aryl methyl sites for hydroxylation is 2. The van der Waals surface area contributed by atoms with Crippen LogP contribution in [0.3, 0.4) is 0 Å². The van der Waals surface area contributed by atoms with Crippen molar-refractivity contribution in [3.8, 4) is 17.3 Å². The molecule has 4 aromatic rings. The SMILES string of the molecule is CCn1c(-c2nc3cc(C(=O)N4C[C@H]5CC[C@@H]4[C@@H]5N)cc(OC)c3n2C)cc2cccnc21. The number of hydrogen-bond donors (Lipinski definition) is 1. The second-order valence-corrected chi connectivity index (χ2v) is 9.17. The third-order valence-corrected chi connectivity index (χ3v) is 7.52. The molecule has 2 fully saturated rings. The van der Waals surface area contributed by atoms with Gasteiger partial charge in [-0.05, 0) is 56.0 Å². The van der Waals surface area contributed by atoms with Crippen LogP contribution in [-0.2, 0) is 13.6 Å². The maximum Gasteiger partial charge on any atom is 0.254 e. The zero-order valence-electron chi connectivity index (χ0n) is 19.2. The summed E-state index contributed by atoms with van der Waals surface area (Å²) < 4.78 is 9.94. The first-order chi connectivity index (χ1) is 16.0. The minimum absolute atomic E-state index is 0.0110. The highest BCUT2D eigenvalue weighted by Gasteiger charge is 2.47. The van der Waals surface area contributed by atoms with Crippen LogP contribution in [0.5, 0.6) is 5.75 Å². The van der Waals surface area contributed by atoms with E-state index >= 15 is 0 Å². The molecule has 1 saturated carbocycles. The molecule has 8 heteroatoms. The monoisotopic (exact) mass is 444 g/mol. The summed E-state index contributed by atoms with van der Waals surface area (Å²) in [6.07, 6.45) is 3.91. The highest BCUT2D eigenvalue weighted by molar-refractivity contribution is 6.00. The van der Waals surface area contributed by atoms with Crippen LogP contribution in [0.1, 0.15) is 30.1 Å². The zero-order chi connectivity index (χ0) is 22.9. The number of imidazole rings is 1. The normalized spacial score (nSPS) is 22.1. The molecule has 2 aliphatic rings. The Hall–Kier alpha value is -3.39. The Bertz CT molecular complexity index is 1400. The summed E-state index contributed by atoms with van der Waals surface area (Å²) in [6.45, 7) is 3.62. The van der Waals surface area contributed by atoms with Crippen LogP contribution in [0.15, 0.2) is 36.5 Å². The Morgan fingerprint density at radius 1 is 1.27 bits per heavy atom. The summed E-state index contributed by atoms with van der Waals surface area (Å²) in [5.41, 5.74) is 10.5. The summed E-state index contributed by atoms with van der Waals surface area (Å²) in [7, 11) is 3.62. The summed E-state index contributed by atoms with van der Waals surface area (Å²) in [5.74, 6) is 1.88. The number of likely N-dealkylation sites (tertiary alicyclic amines) is 1. The molecular weight excluding hydrogens is 416 g/mol. The van der Waals surface area contributed by atoms with Gasteiger partial charge in [0, 0.05) is 49.4 Å². The van der Waals surface area contributed by atoms with E-state index in [4.69, 9.17) is 15.5 Å². The van der Waals surface area contributed by atoms with E-state index in [-0.39, 0.29) is 18.0 Å². The van der Waals surface area contributed by atoms with Crippen LogP contribution in [0.25, 0.3) is 33.6 Å². The Kier molecular flexibility index (Phi) is 4.48. The number of benzene rings is 1. The number of hydrogen-bond acceptors (Lipinski definition) is 5. The molecule has 1 aliphatic carbocycles. The molecule has 6 rings (SSSR count). The van der Waals surface area contributed by atoms with Gasteiger partial charge in [-0.1, -0.05) is 0 Å². The molecule has 3 aromatic heterocycles. The lowest BCUT2D eigenvalue weighted by Gasteiger charge is -2.27. The number of nitrogens with zero attached hydrogens (tertiary/aromatic N) is 5. The van der Waals surface area contributed by atoms with E-state index in [9.17, 15) is 4.79 Å². The quantitative estimate of drug-likeness (QED) is 0.522. The number of ether oxygens (including phenoxy) is 1. The van der Waals surface area contributed by atoms with Crippen molar-refractivity contribution in [1.29, 1.82) is 0 Å². The van der Waals surface area contributed by atoms with Crippen molar-refractivity contribution in [3.05, 3.63) is 42.1 Å². The molecule has 1 aliphatic heterocycles. The molecule has 0 radical (unpaired) electrons. The molecule has 1 amide bonds. The fourth-order valence-corrected chi connectivity index (χ4v) is 5.86. The highest BCUT2D eigenvalue weighted by Crippen LogP contribution is 2.39. The molecular formula is C25H28N6O2. The van der Waals surface area contributed by atoms with Gasteiger partial charge in [0.05, 0.1) is 18.3 Å². The van der Waals surface area contributed by atoms with Gasteiger partial charge in [-0.2, -0.15) is 0 Å². The molecule has 0 spiro atoms. The van der Waals surface area contributed by atoms with Gasteiger partial charge in [0.25, 0.3) is 5.91 Å². The molecule has 8 nitrogen and oxygen atoms in total. The van der Waals surface area contributed by atoms with Gasteiger partial charge in [0.1, 0.15) is 16.9 Å². The largest absolute Gasteiger partial charge is 0.494 e. The van der Waals surface area contributed by atoms with Gasteiger partial charge >= 0.3 is 0 Å². The minimum atomic E-state index is 0.0110. The van der Waals surface area contributed by atoms with E-state index in [1.807, 2.05) is 40.9 Å². The van der Waals surface area contributed by atoms with Gasteiger partial charge < -0.3 is 24.5 Å². The summed E-state index contributed by atoms with van der Waals surface area (Å²) >= 11 is 0. The van der Waals surface area contributed by atoms with Crippen LogP contribution in [0, 0.1) is 5.92 Å². The number of methoxy groups -OCH3 is 1. The average Bonchev–Trinajstić information content (AvgIpc) is 3.57. The Morgan fingerprint density at radius 2 is 2.12 bits per heavy atom. The predicted molar refractivity (Wildman–Crippen MR) is 127 cm³/mol. The lowest BCUT2D eigenvalue weighted by molar-refractivity contribution is 0.0700. The lowest BCUT2D eigenvalue weighted by Crippen LogP contribution is -2.41. The van der Waals surface area contributed by atoms with Crippen molar-refractivity contribution in [3.63, 3.8) is 0 Å². The first kappa shape index (κ1) is 20.2. The first-order valence-electron chi connectivity index (χ1n) is 11.6. The van der Waals surface area contributed by atoms with E-state index < -0.39 is 0 Å². The van der Waals surface area contributed by atoms with Crippen LogP contribution in [0.4, 0.5) is 0 Å². The Labute approximate surface area is 192 Å². The van der Waals surface area contributed by atoms with E-state index in [0.29, 0.717) is 17.2 Å². The van der Waals surface area contributed by atoms with Crippen LogP contribution in [-0.4, -0.2) is 55.6 Å². The van der Waals surface area contributed by atoms with Crippen LogP contribution in [0.2, 0.25) is 0 Å². The molecule has 2 bridgehead atoms. The zero-order valence-corrected chi connectivity index (χ0v) is 19.2. The van der Waals surface area contributed by atoms with Crippen LogP contribution < -0.4 is 10.5 Å². The fraction of sp³-hybridized carbons (Fsp3) is 0.400. The standard InChI is InChI=1S/C25H28N6O2/c1-4-30-19(11-14-6-5-9-27-23(14)30)24-28-17-10-16(12-20(33-3)22(17)29(24)2)25(32)31-13-15-7-8-18(31)21(15)26/h5-6,9-12,15,18,21H,4,7-8,13,26H2,1-3H3/t15-,18-,21-/m1/s1. The molecule has 1 saturated heterocycles. The number of aromatic nitrogens is 4. The molecule has 33 heavy (non-hydrogen) atoms. The number of carbonyl (C=O) groups is 1. The summed E-state index contributed by atoms with van der Waals surface area (Å²) in [5, 5.41) is 1.07. The average molecular weight is 445 g/mol. The summed E-state index contributed by atoms with van der Waals surface area (Å²) in [4.78, 5) is 24.9. The van der Waals surface area contributed by atoms with E-state index in [2.05, 4.69) is 28.6 Å². The molecule has 0 unspecified atom stereocenters. The van der Waals surface area contributed by atoms with Crippen molar-refractivity contribution < 1.29 is 9.53 Å². The fourth-order valence-electron chi connectivity index (χ4n) is 5.86. The highest BCUT2D eigenvalue weighted by atomic mass is 16.5. The number of fused-ring (bicyclic) bond motifs is 4. The number of amides is 1. The van der Waals surface area contributed by atoms with E-state index in [0.717, 1.165) is 59.5 Å². The Morgan fingerprint density at radius 3 is 2.82 bits per heavy atom. The van der Waals surface area contributed by atoms with Gasteiger partial charge in [0.15, 0.2) is 5.82 Å². The topological polar surface area (TPSA) is 91.2 Å². The Balaban J connectivity index is 1.48. The second-order valence-electron chi connectivity index (χ2n) is 9.17. The van der Waals surface area contributed by atoms with Crippen LogP contribution >= 0.6 is 0 Å². The third-order valence-electron chi connectivity index (χ3n) is 7.52. The second kappa shape index (κ2) is 7.31. The third kappa shape index (κ3) is 2.83. The number of carbonyl (C=O) groups excluding carboxylic acids is 1. The van der Waals surface area contributed by atoms with Crippen molar-refractivity contribution in [1.82, 2.24) is 24.0 Å². The minimum Gasteiger partial charge on any atom is -0.494 e. The van der Waals surface area contributed by atoms with Gasteiger partial charge in [0.2, 0.25) is 0 Å².